The summed E-state index contributed by atoms with van der Waals surface area (Å²) < 4.78 is 0.973. The van der Waals surface area contributed by atoms with Crippen LogP contribution in [0.1, 0.15) is 35.3 Å². The topological polar surface area (TPSA) is 49.3 Å². The van der Waals surface area contributed by atoms with Gasteiger partial charge in [-0.2, -0.15) is 0 Å². The van der Waals surface area contributed by atoms with Crippen molar-refractivity contribution in [3.05, 3.63) is 32.4 Å². The molecule has 1 rings (SSSR count). The zero-order valence-electron chi connectivity index (χ0n) is 9.67. The van der Waals surface area contributed by atoms with E-state index in [2.05, 4.69) is 27.9 Å². The molecule has 0 spiro atoms. The van der Waals surface area contributed by atoms with E-state index in [0.29, 0.717) is 12.1 Å². The summed E-state index contributed by atoms with van der Waals surface area (Å²) in [4.78, 5) is 11.0. The zero-order chi connectivity index (χ0) is 12.3. The van der Waals surface area contributed by atoms with Crippen LogP contribution < -0.4 is 5.32 Å². The first-order valence-corrected chi connectivity index (χ1v) is 6.13. The molecule has 0 fully saturated rings. The molecule has 0 bridgehead atoms. The van der Waals surface area contributed by atoms with E-state index in [1.165, 1.54) is 0 Å². The summed E-state index contributed by atoms with van der Waals surface area (Å²) in [5.74, 6) is 0. The third-order valence-corrected chi connectivity index (χ3v) is 3.27. The van der Waals surface area contributed by atoms with E-state index in [1.54, 1.807) is 19.9 Å². The fourth-order valence-electron chi connectivity index (χ4n) is 1.55. The summed E-state index contributed by atoms with van der Waals surface area (Å²) in [6, 6.07) is 3.70. The molecule has 0 aromatic heterocycles. The summed E-state index contributed by atoms with van der Waals surface area (Å²) in [7, 11) is 1.84. The molecule has 88 valence electrons. The molecule has 1 aromatic rings. The smallest absolute Gasteiger partial charge is 0.150 e. The third kappa shape index (κ3) is 3.02. The maximum absolute atomic E-state index is 11.0. The van der Waals surface area contributed by atoms with Crippen LogP contribution >= 0.6 is 22.6 Å². The molecule has 0 unspecified atom stereocenters. The lowest BCUT2D eigenvalue weighted by Crippen LogP contribution is -2.19. The predicted molar refractivity (Wildman–Crippen MR) is 72.6 cm³/mol. The Morgan fingerprint density at radius 2 is 2.12 bits per heavy atom. The Hall–Kier alpha value is -0.460. The molecular weight excluding hydrogens is 317 g/mol. The van der Waals surface area contributed by atoms with E-state index in [1.807, 2.05) is 13.1 Å². The van der Waals surface area contributed by atoms with Crippen LogP contribution in [0.3, 0.4) is 0 Å². The summed E-state index contributed by atoms with van der Waals surface area (Å²) in [6.07, 6.45) is 0.831. The fourth-order valence-corrected chi connectivity index (χ4v) is 2.74. The van der Waals surface area contributed by atoms with Crippen molar-refractivity contribution in [2.24, 2.45) is 0 Å². The molecule has 3 nitrogen and oxygen atoms in total. The maximum atomic E-state index is 11.0. The number of nitrogens with one attached hydrogen (secondary N) is 1. The molecule has 0 aliphatic carbocycles. The highest BCUT2D eigenvalue weighted by Crippen LogP contribution is 2.27. The molecule has 0 atom stereocenters. The van der Waals surface area contributed by atoms with Gasteiger partial charge in [-0.1, -0.05) is 0 Å². The van der Waals surface area contributed by atoms with E-state index in [4.69, 9.17) is 0 Å². The van der Waals surface area contributed by atoms with E-state index in [0.717, 1.165) is 21.0 Å². The van der Waals surface area contributed by atoms with Gasteiger partial charge in [0.2, 0.25) is 0 Å². The normalized spacial score (nSPS) is 11.6. The molecule has 0 radical (unpaired) electrons. The van der Waals surface area contributed by atoms with Gasteiger partial charge < -0.3 is 10.4 Å². The van der Waals surface area contributed by atoms with Crippen molar-refractivity contribution in [1.82, 2.24) is 5.32 Å². The Morgan fingerprint density at radius 1 is 1.50 bits per heavy atom. The largest absolute Gasteiger partial charge is 0.386 e. The molecule has 0 saturated carbocycles. The van der Waals surface area contributed by atoms with Gasteiger partial charge >= 0.3 is 0 Å². The monoisotopic (exact) mass is 333 g/mol. The lowest BCUT2D eigenvalue weighted by Gasteiger charge is -2.21. The highest BCUT2D eigenvalue weighted by molar-refractivity contribution is 14.1. The second-order valence-electron chi connectivity index (χ2n) is 4.24. The average molecular weight is 333 g/mol. The van der Waals surface area contributed by atoms with Crippen molar-refractivity contribution in [3.63, 3.8) is 0 Å². The summed E-state index contributed by atoms with van der Waals surface area (Å²) in [6.45, 7) is 4.09. The molecule has 16 heavy (non-hydrogen) atoms. The highest BCUT2D eigenvalue weighted by Gasteiger charge is 2.20. The minimum Gasteiger partial charge on any atom is -0.386 e. The Labute approximate surface area is 109 Å². The van der Waals surface area contributed by atoms with E-state index in [-0.39, 0.29) is 0 Å². The van der Waals surface area contributed by atoms with Crippen molar-refractivity contribution in [2.75, 3.05) is 7.05 Å². The van der Waals surface area contributed by atoms with Crippen LogP contribution in [0.4, 0.5) is 0 Å². The number of aldehydes is 1. The van der Waals surface area contributed by atoms with Gasteiger partial charge in [0.1, 0.15) is 6.29 Å². The van der Waals surface area contributed by atoms with Crippen LogP contribution in [0.2, 0.25) is 0 Å². The van der Waals surface area contributed by atoms with Crippen LogP contribution in [0.5, 0.6) is 0 Å². The van der Waals surface area contributed by atoms with Gasteiger partial charge in [0.25, 0.3) is 0 Å². The first-order valence-electron chi connectivity index (χ1n) is 5.05. The molecule has 0 saturated heterocycles. The lowest BCUT2D eigenvalue weighted by atomic mass is 9.94. The Bertz CT molecular complexity index is 397. The van der Waals surface area contributed by atoms with Crippen molar-refractivity contribution in [3.8, 4) is 0 Å². The quantitative estimate of drug-likeness (QED) is 0.655. The number of benzene rings is 1. The van der Waals surface area contributed by atoms with E-state index >= 15 is 0 Å². The zero-order valence-corrected chi connectivity index (χ0v) is 11.8. The van der Waals surface area contributed by atoms with E-state index < -0.39 is 5.60 Å². The van der Waals surface area contributed by atoms with Crippen LogP contribution in [0.25, 0.3) is 0 Å². The molecular formula is C12H16INO2. The Morgan fingerprint density at radius 3 is 2.56 bits per heavy atom. The third-order valence-electron chi connectivity index (χ3n) is 2.38. The average Bonchev–Trinajstić information content (AvgIpc) is 2.16. The van der Waals surface area contributed by atoms with Crippen LogP contribution in [0, 0.1) is 3.57 Å². The molecule has 0 heterocycles. The molecule has 0 aliphatic heterocycles. The van der Waals surface area contributed by atoms with Gasteiger partial charge in [-0.3, -0.25) is 4.79 Å². The lowest BCUT2D eigenvalue weighted by molar-refractivity contribution is 0.0776. The fraction of sp³-hybridized carbons (Fsp3) is 0.417. The van der Waals surface area contributed by atoms with Gasteiger partial charge in [-0.25, -0.2) is 0 Å². The number of rotatable bonds is 4. The summed E-state index contributed by atoms with van der Waals surface area (Å²) in [5.41, 5.74) is 1.45. The first-order chi connectivity index (χ1) is 7.40. The number of hydrogen-bond acceptors (Lipinski definition) is 3. The summed E-state index contributed by atoms with van der Waals surface area (Å²) in [5, 5.41) is 13.0. The molecule has 0 aliphatic rings. The van der Waals surface area contributed by atoms with Crippen molar-refractivity contribution < 1.29 is 9.90 Å². The number of carbonyl (C=O) groups is 1. The van der Waals surface area contributed by atoms with Crippen LogP contribution in [0.15, 0.2) is 12.1 Å². The van der Waals surface area contributed by atoms with Gasteiger partial charge in [0.15, 0.2) is 0 Å². The highest BCUT2D eigenvalue weighted by atomic mass is 127. The van der Waals surface area contributed by atoms with Gasteiger partial charge in [-0.15, -0.1) is 0 Å². The second kappa shape index (κ2) is 5.25. The van der Waals surface area contributed by atoms with Crippen LogP contribution in [-0.2, 0) is 12.1 Å². The minimum atomic E-state index is -0.924. The SMILES string of the molecule is CNCc1cc(I)c(C(C)(C)O)cc1C=O. The second-order valence-corrected chi connectivity index (χ2v) is 5.40. The first kappa shape index (κ1) is 13.6. The van der Waals surface area contributed by atoms with E-state index in [9.17, 15) is 9.90 Å². The minimum absolute atomic E-state index is 0.631. The van der Waals surface area contributed by atoms with Gasteiger partial charge in [0, 0.05) is 15.7 Å². The number of halogens is 1. The number of carbonyl (C=O) groups excluding carboxylic acids is 1. The number of hydrogen-bond donors (Lipinski definition) is 2. The standard InChI is InChI=1S/C12H16INO2/c1-12(2,16)10-4-9(7-15)8(6-14-3)5-11(10)13/h4-5,7,14,16H,6H2,1-3H3. The van der Waals surface area contributed by atoms with Crippen molar-refractivity contribution in [2.45, 2.75) is 26.0 Å². The van der Waals surface area contributed by atoms with Crippen LogP contribution in [-0.4, -0.2) is 18.4 Å². The molecule has 0 amide bonds. The summed E-state index contributed by atoms with van der Waals surface area (Å²) >= 11 is 2.18. The molecule has 1 aromatic carbocycles. The van der Waals surface area contributed by atoms with Crippen molar-refractivity contribution >= 4 is 28.9 Å². The van der Waals surface area contributed by atoms with Gasteiger partial charge in [0.05, 0.1) is 5.60 Å². The molecule has 2 N–H and O–H groups in total. The predicted octanol–water partition coefficient (Wildman–Crippen LogP) is 2.05. The number of aliphatic hydroxyl groups is 1. The Kier molecular flexibility index (Phi) is 4.46. The molecule has 4 heteroatoms. The van der Waals surface area contributed by atoms with Gasteiger partial charge in [-0.05, 0) is 66.7 Å². The van der Waals surface area contributed by atoms with Crippen molar-refractivity contribution in [1.29, 1.82) is 0 Å². The Balaban J connectivity index is 3.31. The maximum Gasteiger partial charge on any atom is 0.150 e.